The molecule has 0 fully saturated rings. The first-order chi connectivity index (χ1) is 8.93. The van der Waals surface area contributed by atoms with Crippen molar-refractivity contribution >= 4 is 12.0 Å². The van der Waals surface area contributed by atoms with Gasteiger partial charge >= 0.3 is 12.0 Å². The molecule has 1 aromatic heterocycles. The lowest BCUT2D eigenvalue weighted by Crippen LogP contribution is -2.41. The Morgan fingerprint density at radius 3 is 2.74 bits per heavy atom. The molecule has 106 valence electrons. The normalized spacial score (nSPS) is 11.7. The van der Waals surface area contributed by atoms with Crippen molar-refractivity contribution in [2.24, 2.45) is 7.05 Å². The first kappa shape index (κ1) is 14.8. The molecule has 1 rings (SSSR count). The fourth-order valence-electron chi connectivity index (χ4n) is 1.29. The summed E-state index contributed by atoms with van der Waals surface area (Å²) in [6.07, 6.45) is -1.62. The van der Waals surface area contributed by atoms with E-state index >= 15 is 0 Å². The van der Waals surface area contributed by atoms with Crippen LogP contribution in [0.5, 0.6) is 5.88 Å². The van der Waals surface area contributed by atoms with Gasteiger partial charge in [0.1, 0.15) is 0 Å². The molecule has 1 unspecified atom stereocenters. The number of urea groups is 1. The topological polar surface area (TPSA) is 126 Å². The molecule has 0 aliphatic carbocycles. The Morgan fingerprint density at radius 2 is 2.21 bits per heavy atom. The summed E-state index contributed by atoms with van der Waals surface area (Å²) in [6, 6.07) is 1.07. The maximum absolute atomic E-state index is 11.3. The number of nitrogens with zero attached hydrogens (tertiary/aromatic N) is 2. The number of aliphatic hydroxyl groups is 1. The average molecular weight is 272 g/mol. The van der Waals surface area contributed by atoms with Crippen LogP contribution >= 0.6 is 0 Å². The van der Waals surface area contributed by atoms with E-state index in [9.17, 15) is 9.59 Å². The molecule has 0 aromatic carbocycles. The molecular weight excluding hydrogens is 256 g/mol. The van der Waals surface area contributed by atoms with Crippen LogP contribution in [-0.4, -0.2) is 51.8 Å². The molecule has 0 aliphatic heterocycles. The number of aliphatic carboxylic acids is 1. The van der Waals surface area contributed by atoms with Crippen LogP contribution in [0.15, 0.2) is 6.07 Å². The van der Waals surface area contributed by atoms with Gasteiger partial charge in [-0.2, -0.15) is 5.10 Å². The Kier molecular flexibility index (Phi) is 5.12. The smallest absolute Gasteiger partial charge is 0.334 e. The van der Waals surface area contributed by atoms with Crippen LogP contribution in [0.25, 0.3) is 0 Å². The van der Waals surface area contributed by atoms with Gasteiger partial charge in [-0.25, -0.2) is 14.3 Å². The molecule has 19 heavy (non-hydrogen) atoms. The van der Waals surface area contributed by atoms with E-state index in [1.165, 1.54) is 11.8 Å². The molecule has 0 aliphatic rings. The highest BCUT2D eigenvalue weighted by atomic mass is 16.5. The minimum absolute atomic E-state index is 0.159. The summed E-state index contributed by atoms with van der Waals surface area (Å²) in [4.78, 5) is 21.6. The Bertz CT molecular complexity index is 459. The quantitative estimate of drug-likeness (QED) is 0.508. The summed E-state index contributed by atoms with van der Waals surface area (Å²) < 4.78 is 6.53. The summed E-state index contributed by atoms with van der Waals surface area (Å²) in [6.45, 7) is -0.209. The molecule has 0 bridgehead atoms. The number of hydrogen-bond donors (Lipinski definition) is 4. The highest BCUT2D eigenvalue weighted by Gasteiger charge is 2.14. The Morgan fingerprint density at radius 1 is 1.53 bits per heavy atom. The van der Waals surface area contributed by atoms with E-state index in [1.807, 2.05) is 0 Å². The standard InChI is InChI=1S/C10H16N4O5/c1-14-8(19-2)3-6(13-14)4-11-10(18)12-5-7(15)9(16)17/h3,7,15H,4-5H2,1-2H3,(H,16,17)(H2,11,12,18). The summed E-state index contributed by atoms with van der Waals surface area (Å²) in [5.74, 6) is -0.840. The highest BCUT2D eigenvalue weighted by Crippen LogP contribution is 2.10. The number of ether oxygens (including phenoxy) is 1. The summed E-state index contributed by atoms with van der Waals surface area (Å²) >= 11 is 0. The van der Waals surface area contributed by atoms with Crippen LogP contribution < -0.4 is 15.4 Å². The second-order valence-corrected chi connectivity index (χ2v) is 3.72. The maximum Gasteiger partial charge on any atom is 0.334 e. The van der Waals surface area contributed by atoms with Gasteiger partial charge < -0.3 is 25.6 Å². The van der Waals surface area contributed by atoms with Crippen molar-refractivity contribution in [3.8, 4) is 5.88 Å². The molecule has 0 saturated carbocycles. The molecule has 4 N–H and O–H groups in total. The number of methoxy groups -OCH3 is 1. The zero-order chi connectivity index (χ0) is 14.4. The van der Waals surface area contributed by atoms with Crippen LogP contribution in [0.4, 0.5) is 4.79 Å². The number of carboxylic acids is 1. The SMILES string of the molecule is COc1cc(CNC(=O)NCC(O)C(=O)O)nn1C. The number of rotatable bonds is 6. The molecule has 1 aromatic rings. The Balaban J connectivity index is 2.35. The monoisotopic (exact) mass is 272 g/mol. The van der Waals surface area contributed by atoms with Crippen molar-refractivity contribution in [3.05, 3.63) is 11.8 Å². The number of carbonyl (C=O) groups is 2. The lowest BCUT2D eigenvalue weighted by Gasteiger charge is -2.08. The van der Waals surface area contributed by atoms with E-state index < -0.39 is 18.1 Å². The molecule has 1 atom stereocenters. The van der Waals surface area contributed by atoms with E-state index in [1.54, 1.807) is 13.1 Å². The predicted molar refractivity (Wildman–Crippen MR) is 63.6 cm³/mol. The fraction of sp³-hybridized carbons (Fsp3) is 0.500. The number of aliphatic hydroxyl groups excluding tert-OH is 1. The number of nitrogens with one attached hydrogen (secondary N) is 2. The van der Waals surface area contributed by atoms with E-state index in [-0.39, 0.29) is 13.1 Å². The Labute approximate surface area is 109 Å². The minimum atomic E-state index is -1.62. The minimum Gasteiger partial charge on any atom is -0.481 e. The van der Waals surface area contributed by atoms with Gasteiger partial charge in [-0.15, -0.1) is 0 Å². The number of aryl methyl sites for hydroxylation is 1. The van der Waals surface area contributed by atoms with Crippen LogP contribution in [0.3, 0.4) is 0 Å². The lowest BCUT2D eigenvalue weighted by molar-refractivity contribution is -0.146. The number of carbonyl (C=O) groups excluding carboxylic acids is 1. The highest BCUT2D eigenvalue weighted by molar-refractivity contribution is 5.76. The van der Waals surface area contributed by atoms with Gasteiger partial charge in [-0.1, -0.05) is 0 Å². The third kappa shape index (κ3) is 4.47. The van der Waals surface area contributed by atoms with Crippen molar-refractivity contribution in [1.29, 1.82) is 0 Å². The molecule has 9 nitrogen and oxygen atoms in total. The van der Waals surface area contributed by atoms with Gasteiger partial charge in [-0.05, 0) is 0 Å². The van der Waals surface area contributed by atoms with E-state index in [0.717, 1.165) is 0 Å². The number of carboxylic acid groups (broad SMARTS) is 1. The Hall–Kier alpha value is -2.29. The molecule has 1 heterocycles. The molecule has 2 amide bonds. The summed E-state index contributed by atoms with van der Waals surface area (Å²) in [5, 5.41) is 26.2. The van der Waals surface area contributed by atoms with Crippen molar-refractivity contribution < 1.29 is 24.5 Å². The number of hydrogen-bond acceptors (Lipinski definition) is 5. The summed E-state index contributed by atoms with van der Waals surface area (Å²) in [7, 11) is 3.21. The van der Waals surface area contributed by atoms with E-state index in [0.29, 0.717) is 11.6 Å². The van der Waals surface area contributed by atoms with Gasteiger partial charge in [0.15, 0.2) is 6.10 Å². The average Bonchev–Trinajstić information content (AvgIpc) is 2.73. The second kappa shape index (κ2) is 6.59. The van der Waals surface area contributed by atoms with Crippen molar-refractivity contribution in [3.63, 3.8) is 0 Å². The third-order valence-electron chi connectivity index (χ3n) is 2.27. The second-order valence-electron chi connectivity index (χ2n) is 3.72. The van der Waals surface area contributed by atoms with E-state index in [4.69, 9.17) is 14.9 Å². The molecule has 0 saturated heterocycles. The van der Waals surface area contributed by atoms with Crippen LogP contribution in [0, 0.1) is 0 Å². The lowest BCUT2D eigenvalue weighted by atomic mass is 10.3. The molecule has 9 heteroatoms. The first-order valence-electron chi connectivity index (χ1n) is 5.43. The number of amides is 2. The number of aromatic nitrogens is 2. The molecular formula is C10H16N4O5. The maximum atomic E-state index is 11.3. The van der Waals surface area contributed by atoms with Gasteiger partial charge in [0.25, 0.3) is 0 Å². The molecule has 0 radical (unpaired) electrons. The third-order valence-corrected chi connectivity index (χ3v) is 2.27. The van der Waals surface area contributed by atoms with Crippen molar-refractivity contribution in [2.45, 2.75) is 12.6 Å². The molecule has 0 spiro atoms. The van der Waals surface area contributed by atoms with Crippen molar-refractivity contribution in [1.82, 2.24) is 20.4 Å². The van der Waals surface area contributed by atoms with Crippen molar-refractivity contribution in [2.75, 3.05) is 13.7 Å². The van der Waals surface area contributed by atoms with Crippen LogP contribution in [0.1, 0.15) is 5.69 Å². The summed E-state index contributed by atoms with van der Waals surface area (Å²) in [5.41, 5.74) is 0.591. The first-order valence-corrected chi connectivity index (χ1v) is 5.43. The zero-order valence-electron chi connectivity index (χ0n) is 10.6. The van der Waals surface area contributed by atoms with Gasteiger partial charge in [0.05, 0.1) is 25.9 Å². The van der Waals surface area contributed by atoms with E-state index in [2.05, 4.69) is 15.7 Å². The van der Waals surface area contributed by atoms with Gasteiger partial charge in [0, 0.05) is 13.1 Å². The fourth-order valence-corrected chi connectivity index (χ4v) is 1.29. The van der Waals surface area contributed by atoms with Gasteiger partial charge in [0.2, 0.25) is 5.88 Å². The largest absolute Gasteiger partial charge is 0.481 e. The zero-order valence-corrected chi connectivity index (χ0v) is 10.6. The van der Waals surface area contributed by atoms with Crippen LogP contribution in [0.2, 0.25) is 0 Å². The van der Waals surface area contributed by atoms with Crippen LogP contribution in [-0.2, 0) is 18.4 Å². The van der Waals surface area contributed by atoms with Gasteiger partial charge in [-0.3, -0.25) is 0 Å². The predicted octanol–water partition coefficient (Wildman–Crippen LogP) is -1.33.